The van der Waals surface area contributed by atoms with E-state index in [4.69, 9.17) is 16.3 Å². The minimum absolute atomic E-state index is 0.733. The van der Waals surface area contributed by atoms with Crippen LogP contribution >= 0.6 is 11.6 Å². The first kappa shape index (κ1) is 12.3. The molecular weight excluding hydrogens is 236 g/mol. The Bertz CT molecular complexity index is 519. The van der Waals surface area contributed by atoms with Crippen molar-refractivity contribution < 1.29 is 4.74 Å². The summed E-state index contributed by atoms with van der Waals surface area (Å²) in [7, 11) is 5.82. The summed E-state index contributed by atoms with van der Waals surface area (Å²) in [6.45, 7) is 1.00. The number of aromatic amines is 1. The molecule has 0 unspecified atom stereocenters. The molecule has 0 aliphatic carbocycles. The van der Waals surface area contributed by atoms with Gasteiger partial charge in [0.05, 0.1) is 17.6 Å². The molecule has 0 spiro atoms. The van der Waals surface area contributed by atoms with E-state index in [-0.39, 0.29) is 0 Å². The molecule has 0 amide bonds. The number of aromatic nitrogens is 1. The molecule has 1 aromatic carbocycles. The molecular formula is C13H17ClN2O. The monoisotopic (exact) mass is 252 g/mol. The molecule has 0 aliphatic rings. The standard InChI is InChI=1S/C13H17ClN2O/c1-16(2)7-6-9-8-15-13-10(14)4-5-11(17-3)12(9)13/h4-5,8,15H,6-7H2,1-3H3. The minimum Gasteiger partial charge on any atom is -0.496 e. The molecule has 0 bridgehead atoms. The lowest BCUT2D eigenvalue weighted by molar-refractivity contribution is 0.411. The van der Waals surface area contributed by atoms with Crippen LogP contribution in [0.1, 0.15) is 5.56 Å². The highest BCUT2D eigenvalue weighted by Crippen LogP contribution is 2.33. The zero-order valence-corrected chi connectivity index (χ0v) is 11.1. The summed E-state index contributed by atoms with van der Waals surface area (Å²) >= 11 is 6.16. The van der Waals surface area contributed by atoms with Crippen LogP contribution in [0.4, 0.5) is 0 Å². The van der Waals surface area contributed by atoms with Gasteiger partial charge in [-0.1, -0.05) is 11.6 Å². The Kier molecular flexibility index (Phi) is 3.60. The van der Waals surface area contributed by atoms with Crippen LogP contribution in [-0.4, -0.2) is 37.6 Å². The van der Waals surface area contributed by atoms with Gasteiger partial charge in [-0.15, -0.1) is 0 Å². The first-order valence-corrected chi connectivity index (χ1v) is 5.98. The van der Waals surface area contributed by atoms with Gasteiger partial charge in [0.25, 0.3) is 0 Å². The summed E-state index contributed by atoms with van der Waals surface area (Å²) in [6, 6.07) is 3.77. The maximum atomic E-state index is 6.16. The van der Waals surface area contributed by atoms with E-state index >= 15 is 0 Å². The molecule has 2 rings (SSSR count). The number of benzene rings is 1. The summed E-state index contributed by atoms with van der Waals surface area (Å²) in [5, 5.41) is 1.83. The predicted molar refractivity (Wildman–Crippen MR) is 72.1 cm³/mol. The Morgan fingerprint density at radius 1 is 1.35 bits per heavy atom. The number of hydrogen-bond donors (Lipinski definition) is 1. The van der Waals surface area contributed by atoms with Crippen LogP contribution in [0.5, 0.6) is 5.75 Å². The third-order valence-corrected chi connectivity index (χ3v) is 3.19. The molecule has 92 valence electrons. The molecule has 0 aliphatic heterocycles. The molecule has 2 aromatic rings. The fourth-order valence-electron chi connectivity index (χ4n) is 1.96. The molecule has 1 N–H and O–H groups in total. The van der Waals surface area contributed by atoms with E-state index in [1.807, 2.05) is 18.3 Å². The Morgan fingerprint density at radius 2 is 2.12 bits per heavy atom. The molecule has 1 heterocycles. The van der Waals surface area contributed by atoms with E-state index in [0.717, 1.165) is 34.6 Å². The number of likely N-dealkylation sites (N-methyl/N-ethyl adjacent to an activating group) is 1. The highest BCUT2D eigenvalue weighted by molar-refractivity contribution is 6.35. The van der Waals surface area contributed by atoms with Crippen LogP contribution < -0.4 is 4.74 Å². The number of nitrogens with zero attached hydrogens (tertiary/aromatic N) is 1. The van der Waals surface area contributed by atoms with Crippen molar-refractivity contribution in [3.63, 3.8) is 0 Å². The third-order valence-electron chi connectivity index (χ3n) is 2.88. The summed E-state index contributed by atoms with van der Waals surface area (Å²) < 4.78 is 5.40. The largest absolute Gasteiger partial charge is 0.496 e. The number of nitrogens with one attached hydrogen (secondary N) is 1. The van der Waals surface area contributed by atoms with Gasteiger partial charge in [0.1, 0.15) is 5.75 Å². The molecule has 4 heteroatoms. The fourth-order valence-corrected chi connectivity index (χ4v) is 2.17. The molecule has 0 atom stereocenters. The summed E-state index contributed by atoms with van der Waals surface area (Å²) in [5.74, 6) is 0.874. The molecule has 17 heavy (non-hydrogen) atoms. The van der Waals surface area contributed by atoms with Gasteiger partial charge >= 0.3 is 0 Å². The lowest BCUT2D eigenvalue weighted by Crippen LogP contribution is -2.14. The Morgan fingerprint density at radius 3 is 2.76 bits per heavy atom. The van der Waals surface area contributed by atoms with Crippen molar-refractivity contribution in [3.05, 3.63) is 28.9 Å². The average Bonchev–Trinajstić information content (AvgIpc) is 2.72. The van der Waals surface area contributed by atoms with Crippen molar-refractivity contribution in [3.8, 4) is 5.75 Å². The van der Waals surface area contributed by atoms with Crippen LogP contribution in [0.25, 0.3) is 10.9 Å². The topological polar surface area (TPSA) is 28.3 Å². The molecule has 0 saturated carbocycles. The van der Waals surface area contributed by atoms with Gasteiger partial charge < -0.3 is 14.6 Å². The summed E-state index contributed by atoms with van der Waals surface area (Å²) in [6.07, 6.45) is 2.99. The van der Waals surface area contributed by atoms with E-state index in [1.54, 1.807) is 7.11 Å². The van der Waals surface area contributed by atoms with Crippen molar-refractivity contribution in [1.82, 2.24) is 9.88 Å². The number of H-pyrrole nitrogens is 1. The lowest BCUT2D eigenvalue weighted by atomic mass is 10.1. The van der Waals surface area contributed by atoms with Crippen molar-refractivity contribution >= 4 is 22.5 Å². The normalized spacial score (nSPS) is 11.4. The van der Waals surface area contributed by atoms with E-state index in [2.05, 4.69) is 24.0 Å². The van der Waals surface area contributed by atoms with Crippen molar-refractivity contribution in [2.24, 2.45) is 0 Å². The smallest absolute Gasteiger partial charge is 0.128 e. The second-order valence-corrected chi connectivity index (χ2v) is 4.77. The number of halogens is 1. The van der Waals surface area contributed by atoms with E-state index in [1.165, 1.54) is 5.56 Å². The average molecular weight is 253 g/mol. The predicted octanol–water partition coefficient (Wildman–Crippen LogP) is 2.93. The summed E-state index contributed by atoms with van der Waals surface area (Å²) in [4.78, 5) is 5.39. The van der Waals surface area contributed by atoms with Crippen molar-refractivity contribution in [2.75, 3.05) is 27.7 Å². The molecule has 0 radical (unpaired) electrons. The van der Waals surface area contributed by atoms with Gasteiger partial charge in [-0.05, 0) is 38.2 Å². The van der Waals surface area contributed by atoms with E-state index < -0.39 is 0 Å². The Hall–Kier alpha value is -1.19. The Balaban J connectivity index is 2.46. The van der Waals surface area contributed by atoms with Crippen LogP contribution in [0.15, 0.2) is 18.3 Å². The van der Waals surface area contributed by atoms with Gasteiger partial charge in [-0.2, -0.15) is 0 Å². The number of hydrogen-bond acceptors (Lipinski definition) is 2. The highest BCUT2D eigenvalue weighted by Gasteiger charge is 2.12. The Labute approximate surface area is 106 Å². The first-order chi connectivity index (χ1) is 8.13. The quantitative estimate of drug-likeness (QED) is 0.906. The molecule has 1 aromatic heterocycles. The summed E-state index contributed by atoms with van der Waals surface area (Å²) in [5.41, 5.74) is 2.20. The van der Waals surface area contributed by atoms with Gasteiger partial charge in [-0.25, -0.2) is 0 Å². The third kappa shape index (κ3) is 2.40. The number of rotatable bonds is 4. The highest BCUT2D eigenvalue weighted by atomic mass is 35.5. The second kappa shape index (κ2) is 4.98. The number of methoxy groups -OCH3 is 1. The van der Waals surface area contributed by atoms with Crippen LogP contribution in [0.2, 0.25) is 5.02 Å². The van der Waals surface area contributed by atoms with Crippen molar-refractivity contribution in [1.29, 1.82) is 0 Å². The fraction of sp³-hybridized carbons (Fsp3) is 0.385. The molecule has 0 fully saturated rings. The first-order valence-electron chi connectivity index (χ1n) is 5.60. The SMILES string of the molecule is COc1ccc(Cl)c2[nH]cc(CCN(C)C)c12. The second-order valence-electron chi connectivity index (χ2n) is 4.37. The number of ether oxygens (including phenoxy) is 1. The van der Waals surface area contributed by atoms with Crippen molar-refractivity contribution in [2.45, 2.75) is 6.42 Å². The number of fused-ring (bicyclic) bond motifs is 1. The van der Waals surface area contributed by atoms with E-state index in [9.17, 15) is 0 Å². The van der Waals surface area contributed by atoms with Gasteiger partial charge in [0, 0.05) is 18.1 Å². The zero-order valence-electron chi connectivity index (χ0n) is 10.4. The van der Waals surface area contributed by atoms with Gasteiger partial charge in [0.2, 0.25) is 0 Å². The van der Waals surface area contributed by atoms with Gasteiger partial charge in [0.15, 0.2) is 0 Å². The van der Waals surface area contributed by atoms with E-state index in [0.29, 0.717) is 0 Å². The lowest BCUT2D eigenvalue weighted by Gasteiger charge is -2.09. The molecule has 0 saturated heterocycles. The van der Waals surface area contributed by atoms with Gasteiger partial charge in [-0.3, -0.25) is 0 Å². The van der Waals surface area contributed by atoms with Crippen LogP contribution in [0.3, 0.4) is 0 Å². The molecule has 3 nitrogen and oxygen atoms in total. The van der Waals surface area contributed by atoms with Crippen LogP contribution in [-0.2, 0) is 6.42 Å². The minimum atomic E-state index is 0.733. The maximum absolute atomic E-state index is 6.16. The van der Waals surface area contributed by atoms with Crippen LogP contribution in [0, 0.1) is 0 Å². The zero-order chi connectivity index (χ0) is 12.4. The maximum Gasteiger partial charge on any atom is 0.128 e.